The average Bonchev–Trinajstić information content (AvgIpc) is 2.84. The van der Waals surface area contributed by atoms with Gasteiger partial charge < -0.3 is 20.3 Å². The molecule has 3 rings (SSSR count). The topological polar surface area (TPSA) is 91.0 Å². The minimum absolute atomic E-state index is 0.0374. The number of amides is 5. The van der Waals surface area contributed by atoms with Gasteiger partial charge in [0, 0.05) is 18.6 Å². The van der Waals surface area contributed by atoms with Gasteiger partial charge in [0.05, 0.1) is 5.69 Å². The van der Waals surface area contributed by atoms with Crippen LogP contribution in [0.2, 0.25) is 0 Å². The molecule has 2 atom stereocenters. The molecule has 2 fully saturated rings. The number of rotatable bonds is 4. The number of alkyl halides is 3. The Hall–Kier alpha value is -2.98. The molecule has 0 bridgehead atoms. The Morgan fingerprint density at radius 2 is 1.86 bits per heavy atom. The van der Waals surface area contributed by atoms with Gasteiger partial charge in [0.2, 0.25) is 0 Å². The van der Waals surface area contributed by atoms with Crippen LogP contribution in [0.4, 0.5) is 28.4 Å². The van der Waals surface area contributed by atoms with Crippen molar-refractivity contribution < 1.29 is 32.3 Å². The van der Waals surface area contributed by atoms with Crippen molar-refractivity contribution in [3.63, 3.8) is 0 Å². The highest BCUT2D eigenvalue weighted by Crippen LogP contribution is 2.32. The lowest BCUT2D eigenvalue weighted by Gasteiger charge is -2.32. The number of carbonyl (C=O) groups excluding carboxylic acids is 3. The van der Waals surface area contributed by atoms with Crippen LogP contribution in [-0.2, 0) is 4.79 Å². The van der Waals surface area contributed by atoms with Gasteiger partial charge in [-0.15, -0.1) is 13.2 Å². The van der Waals surface area contributed by atoms with Crippen molar-refractivity contribution in [1.82, 2.24) is 15.5 Å². The lowest BCUT2D eigenvalue weighted by molar-refractivity contribution is -0.274. The highest BCUT2D eigenvalue weighted by atomic mass is 19.4. The summed E-state index contributed by atoms with van der Waals surface area (Å²) in [6, 6.07) is 2.62. The molecule has 158 valence electrons. The fourth-order valence-electron chi connectivity index (χ4n) is 3.46. The largest absolute Gasteiger partial charge is 0.573 e. The molecule has 2 aliphatic rings. The Labute approximate surface area is 165 Å². The third kappa shape index (κ3) is 4.72. The van der Waals surface area contributed by atoms with Crippen LogP contribution in [0.25, 0.3) is 0 Å². The van der Waals surface area contributed by atoms with Crippen molar-refractivity contribution in [2.75, 3.05) is 11.4 Å². The predicted molar refractivity (Wildman–Crippen MR) is 96.3 cm³/mol. The summed E-state index contributed by atoms with van der Waals surface area (Å²) < 4.78 is 40.6. The average molecular weight is 414 g/mol. The van der Waals surface area contributed by atoms with Crippen LogP contribution in [0, 0.1) is 0 Å². The monoisotopic (exact) mass is 414 g/mol. The fraction of sp³-hybridized carbons (Fsp3) is 0.500. The van der Waals surface area contributed by atoms with E-state index in [1.165, 1.54) is 17.0 Å². The third-order valence-electron chi connectivity index (χ3n) is 4.63. The first-order valence-electron chi connectivity index (χ1n) is 9.12. The van der Waals surface area contributed by atoms with Gasteiger partial charge in [0.1, 0.15) is 11.8 Å². The van der Waals surface area contributed by atoms with E-state index in [0.717, 1.165) is 17.0 Å². The summed E-state index contributed by atoms with van der Waals surface area (Å²) in [5, 5.41) is 5.51. The summed E-state index contributed by atoms with van der Waals surface area (Å²) in [6.07, 6.45) is -4.07. The van der Waals surface area contributed by atoms with E-state index >= 15 is 0 Å². The van der Waals surface area contributed by atoms with Crippen LogP contribution in [0.3, 0.4) is 0 Å². The maximum Gasteiger partial charge on any atom is 0.573 e. The number of hydrogen-bond acceptors (Lipinski definition) is 4. The van der Waals surface area contributed by atoms with Crippen LogP contribution in [0.5, 0.6) is 5.75 Å². The van der Waals surface area contributed by atoms with Crippen LogP contribution >= 0.6 is 0 Å². The molecule has 5 amide bonds. The Morgan fingerprint density at radius 3 is 2.45 bits per heavy atom. The zero-order valence-corrected chi connectivity index (χ0v) is 15.8. The second-order valence-corrected chi connectivity index (χ2v) is 7.20. The van der Waals surface area contributed by atoms with Crippen molar-refractivity contribution in [2.45, 2.75) is 51.2 Å². The number of benzene rings is 1. The number of ether oxygens (including phenoxy) is 1. The zero-order chi connectivity index (χ0) is 21.3. The van der Waals surface area contributed by atoms with Crippen molar-refractivity contribution in [1.29, 1.82) is 0 Å². The van der Waals surface area contributed by atoms with Crippen molar-refractivity contribution in [3.8, 4) is 5.75 Å². The number of imide groups is 1. The van der Waals surface area contributed by atoms with Crippen LogP contribution in [0.15, 0.2) is 24.3 Å². The van der Waals surface area contributed by atoms with E-state index in [1.54, 1.807) is 0 Å². The van der Waals surface area contributed by atoms with Gasteiger partial charge in [-0.05, 0) is 51.0 Å². The summed E-state index contributed by atoms with van der Waals surface area (Å²) in [7, 11) is 0. The van der Waals surface area contributed by atoms with E-state index in [1.807, 2.05) is 13.8 Å². The molecule has 1 aromatic rings. The standard InChI is InChI=1S/C18H21F3N4O4/c1-10(2)22-16(27)23-11-7-8-24-14(9-11)15(26)25(17(24)28)12-3-5-13(6-4-12)29-18(19,20)21/h3-6,10-11,14H,7-9H2,1-2H3,(H2,22,23,27). The molecule has 2 unspecified atom stereocenters. The van der Waals surface area contributed by atoms with Gasteiger partial charge in [-0.1, -0.05) is 0 Å². The Bertz CT molecular complexity index is 797. The molecular formula is C18H21F3N4O4. The number of anilines is 1. The fourth-order valence-corrected chi connectivity index (χ4v) is 3.46. The summed E-state index contributed by atoms with van der Waals surface area (Å²) in [6.45, 7) is 3.93. The molecule has 29 heavy (non-hydrogen) atoms. The molecule has 1 aromatic carbocycles. The van der Waals surface area contributed by atoms with Crippen LogP contribution in [0.1, 0.15) is 26.7 Å². The molecule has 0 saturated carbocycles. The SMILES string of the molecule is CC(C)NC(=O)NC1CCN2C(=O)N(c3ccc(OC(F)(F)F)cc3)C(=O)C2C1. The summed E-state index contributed by atoms with van der Waals surface area (Å²) in [5.41, 5.74) is 0.158. The zero-order valence-electron chi connectivity index (χ0n) is 15.8. The van der Waals surface area contributed by atoms with Crippen LogP contribution in [-0.4, -0.2) is 53.9 Å². The maximum atomic E-state index is 12.8. The molecule has 0 aliphatic carbocycles. The molecule has 0 aromatic heterocycles. The molecular weight excluding hydrogens is 393 g/mol. The van der Waals surface area contributed by atoms with E-state index in [-0.39, 0.29) is 36.8 Å². The molecule has 2 saturated heterocycles. The van der Waals surface area contributed by atoms with Crippen LogP contribution < -0.4 is 20.3 Å². The minimum Gasteiger partial charge on any atom is -0.406 e. The van der Waals surface area contributed by atoms with E-state index in [0.29, 0.717) is 6.42 Å². The molecule has 0 radical (unpaired) electrons. The Kier molecular flexibility index (Phi) is 5.58. The molecule has 11 heteroatoms. The quantitative estimate of drug-likeness (QED) is 0.741. The Balaban J connectivity index is 1.69. The van der Waals surface area contributed by atoms with E-state index in [2.05, 4.69) is 15.4 Å². The molecule has 2 heterocycles. The number of urea groups is 2. The van der Waals surface area contributed by atoms with Gasteiger partial charge >= 0.3 is 18.4 Å². The smallest absolute Gasteiger partial charge is 0.406 e. The number of carbonyl (C=O) groups is 3. The maximum absolute atomic E-state index is 12.8. The third-order valence-corrected chi connectivity index (χ3v) is 4.63. The molecule has 2 aliphatic heterocycles. The van der Waals surface area contributed by atoms with Crippen molar-refractivity contribution >= 4 is 23.7 Å². The van der Waals surface area contributed by atoms with E-state index < -0.39 is 30.1 Å². The number of hydrogen-bond donors (Lipinski definition) is 2. The van der Waals surface area contributed by atoms with Gasteiger partial charge in [-0.2, -0.15) is 0 Å². The first-order chi connectivity index (χ1) is 13.5. The van der Waals surface area contributed by atoms with Gasteiger partial charge in [0.25, 0.3) is 5.91 Å². The lowest BCUT2D eigenvalue weighted by atomic mass is 9.98. The van der Waals surface area contributed by atoms with Crippen molar-refractivity contribution in [3.05, 3.63) is 24.3 Å². The highest BCUT2D eigenvalue weighted by Gasteiger charge is 2.48. The molecule has 0 spiro atoms. The Morgan fingerprint density at radius 1 is 1.21 bits per heavy atom. The number of fused-ring (bicyclic) bond motifs is 1. The highest BCUT2D eigenvalue weighted by molar-refractivity contribution is 6.21. The number of piperidine rings is 1. The lowest BCUT2D eigenvalue weighted by Crippen LogP contribution is -2.52. The first kappa shape index (κ1) is 20.7. The van der Waals surface area contributed by atoms with Gasteiger partial charge in [0.15, 0.2) is 0 Å². The minimum atomic E-state index is -4.83. The van der Waals surface area contributed by atoms with Gasteiger partial charge in [-0.3, -0.25) is 4.79 Å². The second-order valence-electron chi connectivity index (χ2n) is 7.20. The van der Waals surface area contributed by atoms with Crippen molar-refractivity contribution in [2.24, 2.45) is 0 Å². The summed E-state index contributed by atoms with van der Waals surface area (Å²) in [4.78, 5) is 39.7. The van der Waals surface area contributed by atoms with E-state index in [4.69, 9.17) is 0 Å². The number of nitrogens with zero attached hydrogens (tertiary/aromatic N) is 2. The summed E-state index contributed by atoms with van der Waals surface area (Å²) in [5.74, 6) is -0.922. The van der Waals surface area contributed by atoms with Gasteiger partial charge in [-0.25, -0.2) is 14.5 Å². The molecule has 2 N–H and O–H groups in total. The summed E-state index contributed by atoms with van der Waals surface area (Å²) >= 11 is 0. The normalized spacial score (nSPS) is 22.0. The second kappa shape index (κ2) is 7.80. The number of nitrogens with one attached hydrogen (secondary N) is 2. The predicted octanol–water partition coefficient (Wildman–Crippen LogP) is 2.59. The first-order valence-corrected chi connectivity index (χ1v) is 9.12. The number of halogens is 3. The van der Waals surface area contributed by atoms with E-state index in [9.17, 15) is 27.6 Å². The molecule has 8 nitrogen and oxygen atoms in total.